The number of amides is 2. The van der Waals surface area contributed by atoms with Crippen molar-refractivity contribution in [3.05, 3.63) is 53.6 Å². The summed E-state index contributed by atoms with van der Waals surface area (Å²) in [6.07, 6.45) is 1.78. The Bertz CT molecular complexity index is 885. The Hall–Kier alpha value is -2.96. The minimum absolute atomic E-state index is 0.0665. The van der Waals surface area contributed by atoms with Gasteiger partial charge in [0.15, 0.2) is 11.6 Å². The van der Waals surface area contributed by atoms with Crippen LogP contribution in [-0.2, 0) is 4.79 Å². The van der Waals surface area contributed by atoms with E-state index in [1.54, 1.807) is 18.2 Å². The van der Waals surface area contributed by atoms with Crippen LogP contribution in [0.4, 0.5) is 25.8 Å². The number of rotatable bonds is 2. The highest BCUT2D eigenvalue weighted by Crippen LogP contribution is 2.37. The van der Waals surface area contributed by atoms with E-state index >= 15 is 0 Å². The molecule has 2 N–H and O–H groups in total. The van der Waals surface area contributed by atoms with Crippen LogP contribution in [-0.4, -0.2) is 24.4 Å². The van der Waals surface area contributed by atoms with Gasteiger partial charge in [0.05, 0.1) is 11.4 Å². The van der Waals surface area contributed by atoms with Crippen molar-refractivity contribution in [2.75, 3.05) is 22.1 Å². The number of benzene rings is 2. The summed E-state index contributed by atoms with van der Waals surface area (Å²) in [5.74, 6) is -2.54. The molecule has 4 rings (SSSR count). The van der Waals surface area contributed by atoms with Crippen LogP contribution < -0.4 is 15.5 Å². The number of halogens is 2. The average Bonchev–Trinajstić information content (AvgIpc) is 3.08. The lowest BCUT2D eigenvalue weighted by Crippen LogP contribution is -2.43. The maximum absolute atomic E-state index is 13.2. The number of carbonyl (C=O) groups excluding carboxylic acids is 2. The molecule has 2 aliphatic heterocycles. The topological polar surface area (TPSA) is 61.4 Å². The molecular formula is C18H15F2N3O2. The molecule has 25 heavy (non-hydrogen) atoms. The minimum atomic E-state index is -1.03. The van der Waals surface area contributed by atoms with Gasteiger partial charge in [-0.1, -0.05) is 0 Å². The van der Waals surface area contributed by atoms with Crippen molar-refractivity contribution in [3.63, 3.8) is 0 Å². The fourth-order valence-electron chi connectivity index (χ4n) is 3.35. The van der Waals surface area contributed by atoms with Gasteiger partial charge in [0, 0.05) is 23.9 Å². The number of anilines is 3. The molecule has 0 saturated carbocycles. The third-order valence-corrected chi connectivity index (χ3v) is 4.56. The maximum atomic E-state index is 13.2. The molecule has 0 radical (unpaired) electrons. The van der Waals surface area contributed by atoms with Crippen LogP contribution in [0.25, 0.3) is 0 Å². The van der Waals surface area contributed by atoms with Crippen LogP contribution in [0.2, 0.25) is 0 Å². The number of carbonyl (C=O) groups is 2. The molecule has 128 valence electrons. The van der Waals surface area contributed by atoms with Crippen LogP contribution in [0.5, 0.6) is 0 Å². The predicted molar refractivity (Wildman–Crippen MR) is 89.8 cm³/mol. The molecule has 0 aromatic heterocycles. The first-order chi connectivity index (χ1) is 12.0. The Labute approximate surface area is 142 Å². The molecule has 1 saturated heterocycles. The zero-order valence-corrected chi connectivity index (χ0v) is 13.2. The summed E-state index contributed by atoms with van der Waals surface area (Å²) < 4.78 is 26.2. The summed E-state index contributed by atoms with van der Waals surface area (Å²) in [7, 11) is 0. The summed E-state index contributed by atoms with van der Waals surface area (Å²) in [6.45, 7) is 0.811. The summed E-state index contributed by atoms with van der Waals surface area (Å²) in [4.78, 5) is 26.5. The quantitative estimate of drug-likeness (QED) is 0.881. The van der Waals surface area contributed by atoms with Gasteiger partial charge >= 0.3 is 0 Å². The highest BCUT2D eigenvalue weighted by atomic mass is 19.2. The van der Waals surface area contributed by atoms with Crippen molar-refractivity contribution in [3.8, 4) is 0 Å². The van der Waals surface area contributed by atoms with E-state index < -0.39 is 17.5 Å². The molecule has 1 atom stereocenters. The van der Waals surface area contributed by atoms with Gasteiger partial charge in [-0.15, -0.1) is 0 Å². The summed E-state index contributed by atoms with van der Waals surface area (Å²) in [5, 5.41) is 5.36. The second-order valence-corrected chi connectivity index (χ2v) is 6.16. The van der Waals surface area contributed by atoms with Crippen molar-refractivity contribution in [2.45, 2.75) is 18.9 Å². The minimum Gasteiger partial charge on any atom is -0.358 e. The molecular weight excluding hydrogens is 328 g/mol. The molecule has 2 aliphatic rings. The summed E-state index contributed by atoms with van der Waals surface area (Å²) in [6, 6.07) is 8.05. The van der Waals surface area contributed by atoms with E-state index in [4.69, 9.17) is 0 Å². The van der Waals surface area contributed by atoms with Gasteiger partial charge in [-0.2, -0.15) is 0 Å². The molecule has 0 bridgehead atoms. The fraction of sp³-hybridized carbons (Fsp3) is 0.222. The lowest BCUT2D eigenvalue weighted by atomic mass is 10.1. The molecule has 2 heterocycles. The van der Waals surface area contributed by atoms with Gasteiger partial charge in [0.2, 0.25) is 5.91 Å². The first-order valence-corrected chi connectivity index (χ1v) is 8.01. The predicted octanol–water partition coefficient (Wildman–Crippen LogP) is 3.14. The molecule has 0 unspecified atom stereocenters. The number of nitrogens with zero attached hydrogens (tertiary/aromatic N) is 1. The molecule has 0 spiro atoms. The van der Waals surface area contributed by atoms with E-state index in [1.165, 1.54) is 6.07 Å². The second-order valence-electron chi connectivity index (χ2n) is 6.16. The van der Waals surface area contributed by atoms with Crippen molar-refractivity contribution >= 4 is 28.9 Å². The highest BCUT2D eigenvalue weighted by molar-refractivity contribution is 6.08. The maximum Gasteiger partial charge on any atom is 0.255 e. The number of hydrogen-bond acceptors (Lipinski definition) is 3. The number of fused-ring (bicyclic) bond motifs is 3. The van der Waals surface area contributed by atoms with Crippen molar-refractivity contribution in [1.29, 1.82) is 0 Å². The lowest BCUT2D eigenvalue weighted by Gasteiger charge is -2.33. The van der Waals surface area contributed by atoms with Gasteiger partial charge in [0.25, 0.3) is 5.91 Å². The van der Waals surface area contributed by atoms with Gasteiger partial charge in [-0.05, 0) is 43.2 Å². The lowest BCUT2D eigenvalue weighted by molar-refractivity contribution is -0.117. The normalized spacial score (nSPS) is 18.4. The first kappa shape index (κ1) is 15.6. The Balaban J connectivity index is 1.59. The van der Waals surface area contributed by atoms with E-state index in [0.717, 1.165) is 37.2 Å². The molecule has 0 aliphatic carbocycles. The SMILES string of the molecule is O=C(Nc1ccc(F)c(F)c1)c1ccc2c(c1)NC(=O)[C@H]1CCCN21. The van der Waals surface area contributed by atoms with E-state index in [0.29, 0.717) is 11.3 Å². The monoisotopic (exact) mass is 343 g/mol. The van der Waals surface area contributed by atoms with Crippen molar-refractivity contribution in [2.24, 2.45) is 0 Å². The van der Waals surface area contributed by atoms with Crippen molar-refractivity contribution in [1.82, 2.24) is 0 Å². The number of hydrogen-bond donors (Lipinski definition) is 2. The Morgan fingerprint density at radius 1 is 1.16 bits per heavy atom. The van der Waals surface area contributed by atoms with Crippen LogP contribution >= 0.6 is 0 Å². The van der Waals surface area contributed by atoms with E-state index in [1.807, 2.05) is 4.90 Å². The zero-order chi connectivity index (χ0) is 17.6. The van der Waals surface area contributed by atoms with Gasteiger partial charge in [-0.25, -0.2) is 8.78 Å². The largest absolute Gasteiger partial charge is 0.358 e. The number of nitrogens with one attached hydrogen (secondary N) is 2. The van der Waals surface area contributed by atoms with E-state index in [-0.39, 0.29) is 17.6 Å². The molecule has 7 heteroatoms. The molecule has 2 aromatic rings. The average molecular weight is 343 g/mol. The zero-order valence-electron chi connectivity index (χ0n) is 13.2. The van der Waals surface area contributed by atoms with E-state index in [2.05, 4.69) is 10.6 Å². The Morgan fingerprint density at radius 3 is 2.80 bits per heavy atom. The molecule has 2 amide bonds. The van der Waals surface area contributed by atoms with Crippen LogP contribution in [0.1, 0.15) is 23.2 Å². The summed E-state index contributed by atoms with van der Waals surface area (Å²) in [5.41, 5.74) is 1.96. The smallest absolute Gasteiger partial charge is 0.255 e. The Morgan fingerprint density at radius 2 is 2.00 bits per heavy atom. The third-order valence-electron chi connectivity index (χ3n) is 4.56. The van der Waals surface area contributed by atoms with Crippen LogP contribution in [0, 0.1) is 11.6 Å². The highest BCUT2D eigenvalue weighted by Gasteiger charge is 2.36. The second kappa shape index (κ2) is 5.84. The molecule has 5 nitrogen and oxygen atoms in total. The van der Waals surface area contributed by atoms with Gasteiger partial charge in [0.1, 0.15) is 6.04 Å². The molecule has 1 fully saturated rings. The van der Waals surface area contributed by atoms with Gasteiger partial charge in [-0.3, -0.25) is 9.59 Å². The standard InChI is InChI=1S/C18H15F2N3O2/c19-12-5-4-11(9-13(12)20)21-17(24)10-3-6-15-14(8-10)22-18(25)16-2-1-7-23(15)16/h3-6,8-9,16H,1-2,7H2,(H,21,24)(H,22,25)/t16-/m1/s1. The molecule has 2 aromatic carbocycles. The Kier molecular flexibility index (Phi) is 3.63. The van der Waals surface area contributed by atoms with Crippen LogP contribution in [0.15, 0.2) is 36.4 Å². The van der Waals surface area contributed by atoms with Gasteiger partial charge < -0.3 is 15.5 Å². The summed E-state index contributed by atoms with van der Waals surface area (Å²) >= 11 is 0. The van der Waals surface area contributed by atoms with E-state index in [9.17, 15) is 18.4 Å². The van der Waals surface area contributed by atoms with Crippen molar-refractivity contribution < 1.29 is 18.4 Å². The fourth-order valence-corrected chi connectivity index (χ4v) is 3.35. The first-order valence-electron chi connectivity index (χ1n) is 8.01. The van der Waals surface area contributed by atoms with Crippen LogP contribution in [0.3, 0.4) is 0 Å². The third kappa shape index (κ3) is 2.71.